The summed E-state index contributed by atoms with van der Waals surface area (Å²) in [5.41, 5.74) is -0.0430. The molecule has 2 aromatic rings. The van der Waals surface area contributed by atoms with E-state index in [-0.39, 0.29) is 25.7 Å². The highest BCUT2D eigenvalue weighted by molar-refractivity contribution is 6.34. The van der Waals surface area contributed by atoms with Crippen molar-refractivity contribution in [2.75, 3.05) is 24.7 Å². The van der Waals surface area contributed by atoms with Crippen molar-refractivity contribution in [1.29, 1.82) is 0 Å². The number of nitrogens with zero attached hydrogens (tertiary/aromatic N) is 2. The predicted molar refractivity (Wildman–Crippen MR) is 174 cm³/mol. The molecular weight excluding hydrogens is 592 g/mol. The van der Waals surface area contributed by atoms with Crippen molar-refractivity contribution in [3.8, 4) is 0 Å². The molecule has 2 bridgehead atoms. The van der Waals surface area contributed by atoms with Crippen LogP contribution in [0.4, 0.5) is 5.69 Å². The summed E-state index contributed by atoms with van der Waals surface area (Å²) in [6, 6.07) is 13.1. The zero-order valence-electron chi connectivity index (χ0n) is 26.1. The number of carbonyl (C=O) groups excluding carboxylic acids is 3. The van der Waals surface area contributed by atoms with Gasteiger partial charge in [-0.15, -0.1) is 13.2 Å². The minimum Gasteiger partial charge on any atom is -0.465 e. The Hall–Kier alpha value is -3.46. The number of halogens is 1. The number of fused-ring (bicyclic) bond motifs is 1. The molecular formula is C36H43ClN2O6. The summed E-state index contributed by atoms with van der Waals surface area (Å²) >= 11 is 6.68. The van der Waals surface area contributed by atoms with Crippen molar-refractivity contribution in [2.45, 2.75) is 75.7 Å². The van der Waals surface area contributed by atoms with Crippen molar-refractivity contribution in [1.82, 2.24) is 4.90 Å². The molecule has 9 heteroatoms. The Morgan fingerprint density at radius 3 is 2.58 bits per heavy atom. The molecule has 2 aromatic carbocycles. The molecule has 0 radical (unpaired) electrons. The zero-order valence-corrected chi connectivity index (χ0v) is 26.9. The average molecular weight is 635 g/mol. The zero-order chi connectivity index (χ0) is 32.4. The van der Waals surface area contributed by atoms with E-state index in [4.69, 9.17) is 21.1 Å². The van der Waals surface area contributed by atoms with Crippen molar-refractivity contribution in [3.63, 3.8) is 0 Å². The van der Waals surface area contributed by atoms with Gasteiger partial charge < -0.3 is 24.4 Å². The molecule has 2 unspecified atom stereocenters. The molecule has 0 aliphatic carbocycles. The van der Waals surface area contributed by atoms with Crippen LogP contribution in [0.15, 0.2) is 73.8 Å². The number of hydrogen-bond donors (Lipinski definition) is 1. The molecule has 8 nitrogen and oxygen atoms in total. The number of aliphatic hydroxyl groups excluding tert-OH is 1. The van der Waals surface area contributed by atoms with Crippen LogP contribution in [0.2, 0.25) is 5.02 Å². The standard InChI is InChI=1S/C36H43ClN2O6/c1-5-7-8-12-21-44-34(43)29-28-32(41)39(26(23-40)22-25-15-10-9-11-16-25)31(36(28)19-18-35(29,4)45-36)33(42)38(20-6-2)30-24(3)14-13-17-27(30)37/h5-6,9-11,13-17,26,28-29,31,40H,1-2,7-8,12,18-23H2,3-4H3/t26-,28+,29+,31?,35-,36?/m1/s1. The maximum Gasteiger partial charge on any atom is 0.312 e. The van der Waals surface area contributed by atoms with Crippen molar-refractivity contribution in [2.24, 2.45) is 11.8 Å². The number of carbonyl (C=O) groups is 3. The average Bonchev–Trinajstić information content (AvgIpc) is 3.60. The lowest BCUT2D eigenvalue weighted by Crippen LogP contribution is -2.59. The summed E-state index contributed by atoms with van der Waals surface area (Å²) in [7, 11) is 0. The molecule has 3 saturated heterocycles. The van der Waals surface area contributed by atoms with E-state index in [0.29, 0.717) is 36.4 Å². The molecule has 3 aliphatic rings. The topological polar surface area (TPSA) is 96.4 Å². The lowest BCUT2D eigenvalue weighted by atomic mass is 9.66. The summed E-state index contributed by atoms with van der Waals surface area (Å²) in [6.45, 7) is 11.3. The molecule has 6 atom stereocenters. The number of anilines is 1. The van der Waals surface area contributed by atoms with Gasteiger partial charge in [-0.25, -0.2) is 0 Å². The Morgan fingerprint density at radius 2 is 1.91 bits per heavy atom. The van der Waals surface area contributed by atoms with E-state index < -0.39 is 47.0 Å². The van der Waals surface area contributed by atoms with Crippen LogP contribution in [0.3, 0.4) is 0 Å². The van der Waals surface area contributed by atoms with E-state index in [0.717, 1.165) is 24.0 Å². The highest BCUT2D eigenvalue weighted by atomic mass is 35.5. The van der Waals surface area contributed by atoms with Gasteiger partial charge in [0.1, 0.15) is 17.6 Å². The lowest BCUT2D eigenvalue weighted by molar-refractivity contribution is -0.160. The second-order valence-corrected chi connectivity index (χ2v) is 13.0. The van der Waals surface area contributed by atoms with Crippen LogP contribution in [0.1, 0.15) is 50.2 Å². The molecule has 1 spiro atoms. The number of unbranched alkanes of at least 4 members (excludes halogenated alkanes) is 2. The number of likely N-dealkylation sites (tertiary alicyclic amines) is 1. The Balaban J connectivity index is 1.58. The first-order valence-electron chi connectivity index (χ1n) is 15.8. The molecule has 0 saturated carbocycles. The van der Waals surface area contributed by atoms with Crippen LogP contribution in [0.5, 0.6) is 0 Å². The maximum atomic E-state index is 15.0. The molecule has 45 heavy (non-hydrogen) atoms. The van der Waals surface area contributed by atoms with E-state index in [2.05, 4.69) is 13.2 Å². The third-order valence-corrected chi connectivity index (χ3v) is 10.0. The van der Waals surface area contributed by atoms with Gasteiger partial charge in [-0.05, 0) is 69.6 Å². The monoisotopic (exact) mass is 634 g/mol. The Labute approximate surface area is 270 Å². The molecule has 3 heterocycles. The molecule has 3 aliphatic heterocycles. The number of benzene rings is 2. The fourth-order valence-electron chi connectivity index (χ4n) is 7.72. The molecule has 1 N–H and O–H groups in total. The smallest absolute Gasteiger partial charge is 0.312 e. The summed E-state index contributed by atoms with van der Waals surface area (Å²) in [5, 5.41) is 11.1. The van der Waals surface area contributed by atoms with Gasteiger partial charge in [0.2, 0.25) is 5.91 Å². The van der Waals surface area contributed by atoms with Crippen LogP contribution in [0, 0.1) is 18.8 Å². The molecule has 3 fully saturated rings. The van der Waals surface area contributed by atoms with Gasteiger partial charge in [0.05, 0.1) is 41.5 Å². The van der Waals surface area contributed by atoms with Crippen LogP contribution < -0.4 is 4.90 Å². The SMILES string of the molecule is C=CCCCCOC(=O)[C@@H]1[C@H]2C(=O)N([C@@H](CO)Cc3ccccc3)C(C(=O)N(CC=C)c3c(C)cccc3Cl)C23CC[C@@]1(C)O3. The van der Waals surface area contributed by atoms with Gasteiger partial charge in [-0.1, -0.05) is 66.2 Å². The van der Waals surface area contributed by atoms with Crippen LogP contribution in [0.25, 0.3) is 0 Å². The summed E-state index contributed by atoms with van der Waals surface area (Å²) < 4.78 is 12.5. The number of amides is 2. The van der Waals surface area contributed by atoms with Crippen LogP contribution in [-0.2, 0) is 30.3 Å². The third kappa shape index (κ3) is 5.84. The normalized spacial score (nSPS) is 27.2. The first-order valence-corrected chi connectivity index (χ1v) is 16.1. The number of ether oxygens (including phenoxy) is 2. The Bertz CT molecular complexity index is 1430. The number of rotatable bonds is 14. The number of aliphatic hydroxyl groups is 1. The Kier molecular flexibility index (Phi) is 9.87. The van der Waals surface area contributed by atoms with Crippen LogP contribution in [-0.4, -0.2) is 70.8 Å². The van der Waals surface area contributed by atoms with E-state index in [9.17, 15) is 19.5 Å². The Morgan fingerprint density at radius 1 is 1.16 bits per heavy atom. The molecule has 0 aromatic heterocycles. The van der Waals surface area contributed by atoms with Gasteiger partial charge in [0.25, 0.3) is 5.91 Å². The van der Waals surface area contributed by atoms with Gasteiger partial charge in [-0.2, -0.15) is 0 Å². The van der Waals surface area contributed by atoms with Gasteiger partial charge in [0.15, 0.2) is 0 Å². The second kappa shape index (κ2) is 13.5. The lowest BCUT2D eigenvalue weighted by Gasteiger charge is -2.40. The van der Waals surface area contributed by atoms with Crippen molar-refractivity contribution < 1.29 is 29.0 Å². The van der Waals surface area contributed by atoms with Crippen LogP contribution >= 0.6 is 11.6 Å². The highest BCUT2D eigenvalue weighted by Crippen LogP contribution is 2.64. The number of esters is 1. The van der Waals surface area contributed by atoms with Gasteiger partial charge in [-0.3, -0.25) is 14.4 Å². The van der Waals surface area contributed by atoms with E-state index in [1.807, 2.05) is 62.4 Å². The summed E-state index contributed by atoms with van der Waals surface area (Å²) in [4.78, 5) is 46.5. The van der Waals surface area contributed by atoms with Crippen molar-refractivity contribution >= 4 is 35.1 Å². The first-order chi connectivity index (χ1) is 21.6. The highest BCUT2D eigenvalue weighted by Gasteiger charge is 2.79. The summed E-state index contributed by atoms with van der Waals surface area (Å²) in [6.07, 6.45) is 6.99. The largest absolute Gasteiger partial charge is 0.465 e. The van der Waals surface area contributed by atoms with Gasteiger partial charge >= 0.3 is 5.97 Å². The maximum absolute atomic E-state index is 15.0. The molecule has 2 amide bonds. The first kappa shape index (κ1) is 32.9. The summed E-state index contributed by atoms with van der Waals surface area (Å²) in [5.74, 6) is -3.08. The van der Waals surface area contributed by atoms with E-state index in [1.54, 1.807) is 17.0 Å². The molecule has 5 rings (SSSR count). The quantitative estimate of drug-likeness (QED) is 0.169. The van der Waals surface area contributed by atoms with E-state index in [1.165, 1.54) is 4.90 Å². The predicted octanol–water partition coefficient (Wildman–Crippen LogP) is 5.44. The van der Waals surface area contributed by atoms with Gasteiger partial charge in [0, 0.05) is 6.54 Å². The number of hydrogen-bond acceptors (Lipinski definition) is 6. The minimum absolute atomic E-state index is 0.138. The third-order valence-electron chi connectivity index (χ3n) is 9.70. The van der Waals surface area contributed by atoms with Crippen molar-refractivity contribution in [3.05, 3.63) is 90.0 Å². The fraction of sp³-hybridized carbons (Fsp3) is 0.472. The van der Waals surface area contributed by atoms with E-state index >= 15 is 0 Å². The number of allylic oxidation sites excluding steroid dienone is 1. The number of para-hydroxylation sites is 1. The minimum atomic E-state index is -1.28. The fourth-order valence-corrected chi connectivity index (χ4v) is 8.04. The molecule has 240 valence electrons. The number of aryl methyl sites for hydroxylation is 1. The second-order valence-electron chi connectivity index (χ2n) is 12.6.